The van der Waals surface area contributed by atoms with E-state index in [1.807, 2.05) is 0 Å². The van der Waals surface area contributed by atoms with Crippen molar-refractivity contribution in [2.45, 2.75) is 4.90 Å². The number of nitrogens with zero attached hydrogens (tertiary/aromatic N) is 1. The molecule has 9 nitrogen and oxygen atoms in total. The fraction of sp³-hybridized carbons (Fsp3) is 0.238. The highest BCUT2D eigenvalue weighted by atomic mass is 32.2. The van der Waals surface area contributed by atoms with Gasteiger partial charge in [-0.2, -0.15) is 4.31 Å². The fourth-order valence-electron chi connectivity index (χ4n) is 3.18. The van der Waals surface area contributed by atoms with Gasteiger partial charge in [0.25, 0.3) is 5.91 Å². The highest BCUT2D eigenvalue weighted by Crippen LogP contribution is 2.24. The minimum Gasteiger partial charge on any atom is -0.484 e. The normalized spacial score (nSPS) is 14.9. The van der Waals surface area contributed by atoms with E-state index in [0.717, 1.165) is 16.4 Å². The zero-order valence-electron chi connectivity index (χ0n) is 16.7. The minimum absolute atomic E-state index is 0.108. The molecule has 1 fully saturated rings. The summed E-state index contributed by atoms with van der Waals surface area (Å²) in [4.78, 5) is 23.1. The maximum Gasteiger partial charge on any atom is 0.336 e. The molecule has 2 heterocycles. The molecular formula is C21H19FN2O7S. The SMILES string of the molecule is O=C(COc1ccc2ccc(=O)oc2c1)Nc1ccc(F)c(S(=O)(=O)N2CCOCC2)c1. The predicted octanol–water partition coefficient (Wildman–Crippen LogP) is 1.97. The Hall–Kier alpha value is -3.28. The van der Waals surface area contributed by atoms with E-state index >= 15 is 0 Å². The number of rotatable bonds is 6. The Balaban J connectivity index is 1.44. The number of fused-ring (bicyclic) bond motifs is 1. The zero-order chi connectivity index (χ0) is 22.7. The lowest BCUT2D eigenvalue weighted by Crippen LogP contribution is -2.40. The van der Waals surface area contributed by atoms with Crippen molar-refractivity contribution in [2.75, 3.05) is 38.2 Å². The summed E-state index contributed by atoms with van der Waals surface area (Å²) >= 11 is 0. The van der Waals surface area contributed by atoms with Crippen LogP contribution in [0.4, 0.5) is 10.1 Å². The summed E-state index contributed by atoms with van der Waals surface area (Å²) in [5.74, 6) is -1.19. The Morgan fingerprint density at radius 3 is 2.62 bits per heavy atom. The van der Waals surface area contributed by atoms with E-state index in [4.69, 9.17) is 13.9 Å². The van der Waals surface area contributed by atoms with E-state index in [-0.39, 0.29) is 32.0 Å². The first-order valence-corrected chi connectivity index (χ1v) is 11.1. The standard InChI is InChI=1S/C21H19FN2O7S/c22-17-5-3-15(11-19(17)32(27,28)24-7-9-29-10-8-24)23-20(25)13-30-16-4-1-14-2-6-21(26)31-18(14)12-16/h1-6,11-12H,7-10,13H2,(H,23,25). The van der Waals surface area contributed by atoms with Crippen molar-refractivity contribution in [2.24, 2.45) is 0 Å². The molecule has 2 aromatic carbocycles. The van der Waals surface area contributed by atoms with Crippen molar-refractivity contribution in [3.63, 3.8) is 0 Å². The molecule has 3 aromatic rings. The molecule has 0 spiro atoms. The van der Waals surface area contributed by atoms with Crippen molar-refractivity contribution in [3.05, 3.63) is 64.8 Å². The maximum atomic E-state index is 14.3. The summed E-state index contributed by atoms with van der Waals surface area (Å²) in [6.45, 7) is 0.307. The van der Waals surface area contributed by atoms with E-state index in [1.165, 1.54) is 18.2 Å². The van der Waals surface area contributed by atoms with Gasteiger partial charge in [0.2, 0.25) is 10.0 Å². The Morgan fingerprint density at radius 2 is 1.84 bits per heavy atom. The van der Waals surface area contributed by atoms with Crippen LogP contribution in [0.5, 0.6) is 5.75 Å². The summed E-state index contributed by atoms with van der Waals surface area (Å²) in [7, 11) is -4.07. The molecule has 1 N–H and O–H groups in total. The molecule has 0 unspecified atom stereocenters. The molecule has 0 radical (unpaired) electrons. The van der Waals surface area contributed by atoms with Gasteiger partial charge in [0.05, 0.1) is 13.2 Å². The number of morpholine rings is 1. The van der Waals surface area contributed by atoms with Gasteiger partial charge in [-0.1, -0.05) is 0 Å². The Kier molecular flexibility index (Phi) is 6.21. The number of halogens is 1. The smallest absolute Gasteiger partial charge is 0.336 e. The van der Waals surface area contributed by atoms with Crippen LogP contribution in [0.2, 0.25) is 0 Å². The monoisotopic (exact) mass is 462 g/mol. The molecule has 1 saturated heterocycles. The number of amides is 1. The van der Waals surface area contributed by atoms with E-state index in [1.54, 1.807) is 18.2 Å². The van der Waals surface area contributed by atoms with Gasteiger partial charge in [0.1, 0.15) is 22.0 Å². The number of ether oxygens (including phenoxy) is 2. The zero-order valence-corrected chi connectivity index (χ0v) is 17.6. The highest BCUT2D eigenvalue weighted by molar-refractivity contribution is 7.89. The quantitative estimate of drug-likeness (QED) is 0.557. The van der Waals surface area contributed by atoms with E-state index < -0.39 is 38.9 Å². The van der Waals surface area contributed by atoms with Gasteiger partial charge >= 0.3 is 5.63 Å². The summed E-state index contributed by atoms with van der Waals surface area (Å²) < 4.78 is 56.5. The molecule has 168 valence electrons. The van der Waals surface area contributed by atoms with Crippen molar-refractivity contribution in [3.8, 4) is 5.75 Å². The number of carbonyl (C=O) groups is 1. The Bertz CT molecular complexity index is 1320. The van der Waals surface area contributed by atoms with Crippen LogP contribution in [0.25, 0.3) is 11.0 Å². The second-order valence-electron chi connectivity index (χ2n) is 6.95. The number of sulfonamides is 1. The molecule has 0 bridgehead atoms. The van der Waals surface area contributed by atoms with Gasteiger partial charge < -0.3 is 19.2 Å². The molecule has 11 heteroatoms. The molecule has 32 heavy (non-hydrogen) atoms. The largest absolute Gasteiger partial charge is 0.484 e. The molecular weight excluding hydrogens is 443 g/mol. The number of benzene rings is 2. The lowest BCUT2D eigenvalue weighted by Gasteiger charge is -2.26. The number of hydrogen-bond donors (Lipinski definition) is 1. The van der Waals surface area contributed by atoms with Crippen molar-refractivity contribution in [1.82, 2.24) is 4.31 Å². The minimum atomic E-state index is -4.07. The van der Waals surface area contributed by atoms with Crippen LogP contribution in [0.15, 0.2) is 62.6 Å². The average Bonchev–Trinajstić information content (AvgIpc) is 2.79. The number of nitrogens with one attached hydrogen (secondary N) is 1. The van der Waals surface area contributed by atoms with Crippen LogP contribution >= 0.6 is 0 Å². The van der Waals surface area contributed by atoms with Crippen LogP contribution in [0, 0.1) is 5.82 Å². The Morgan fingerprint density at radius 1 is 1.09 bits per heavy atom. The lowest BCUT2D eigenvalue weighted by molar-refractivity contribution is -0.118. The molecule has 4 rings (SSSR count). The van der Waals surface area contributed by atoms with Crippen LogP contribution in [0.1, 0.15) is 0 Å². The molecule has 0 saturated carbocycles. The maximum absolute atomic E-state index is 14.3. The lowest BCUT2D eigenvalue weighted by atomic mass is 10.2. The first-order chi connectivity index (χ1) is 15.3. The second-order valence-corrected chi connectivity index (χ2v) is 8.86. The number of anilines is 1. The van der Waals surface area contributed by atoms with Crippen LogP contribution < -0.4 is 15.7 Å². The summed E-state index contributed by atoms with van der Waals surface area (Å²) in [6.07, 6.45) is 0. The highest BCUT2D eigenvalue weighted by Gasteiger charge is 2.29. The first-order valence-electron chi connectivity index (χ1n) is 9.67. The molecule has 1 aromatic heterocycles. The molecule has 0 aliphatic carbocycles. The third kappa shape index (κ3) is 4.79. The van der Waals surface area contributed by atoms with Gasteiger partial charge in [-0.05, 0) is 36.4 Å². The molecule has 0 atom stereocenters. The average molecular weight is 462 g/mol. The van der Waals surface area contributed by atoms with Crippen molar-refractivity contribution in [1.29, 1.82) is 0 Å². The van der Waals surface area contributed by atoms with Crippen LogP contribution in [0.3, 0.4) is 0 Å². The van der Waals surface area contributed by atoms with Gasteiger partial charge in [0, 0.05) is 36.3 Å². The van der Waals surface area contributed by atoms with Gasteiger partial charge in [-0.15, -0.1) is 0 Å². The molecule has 1 aliphatic rings. The van der Waals surface area contributed by atoms with E-state index in [9.17, 15) is 22.4 Å². The second kappa shape index (κ2) is 9.07. The van der Waals surface area contributed by atoms with Crippen molar-refractivity contribution >= 4 is 32.6 Å². The van der Waals surface area contributed by atoms with Crippen LogP contribution in [-0.4, -0.2) is 51.5 Å². The number of hydrogen-bond acceptors (Lipinski definition) is 7. The van der Waals surface area contributed by atoms with E-state index in [0.29, 0.717) is 16.7 Å². The van der Waals surface area contributed by atoms with Gasteiger partial charge in [-0.3, -0.25) is 4.79 Å². The fourth-order valence-corrected chi connectivity index (χ4v) is 4.68. The third-order valence-electron chi connectivity index (χ3n) is 4.77. The summed E-state index contributed by atoms with van der Waals surface area (Å²) in [5.41, 5.74) is -0.0882. The summed E-state index contributed by atoms with van der Waals surface area (Å²) in [5, 5.41) is 3.19. The number of carbonyl (C=O) groups excluding carboxylic acids is 1. The first kappa shape index (κ1) is 21.9. The van der Waals surface area contributed by atoms with Gasteiger partial charge in [-0.25, -0.2) is 17.6 Å². The predicted molar refractivity (Wildman–Crippen MR) is 113 cm³/mol. The third-order valence-corrected chi connectivity index (χ3v) is 6.68. The summed E-state index contributed by atoms with van der Waals surface area (Å²) in [6, 6.07) is 11.0. The molecule has 1 aliphatic heterocycles. The molecule has 1 amide bonds. The topological polar surface area (TPSA) is 115 Å². The van der Waals surface area contributed by atoms with Crippen molar-refractivity contribution < 1.29 is 31.5 Å². The van der Waals surface area contributed by atoms with Gasteiger partial charge in [0.15, 0.2) is 6.61 Å². The van der Waals surface area contributed by atoms with E-state index in [2.05, 4.69) is 5.32 Å². The van der Waals surface area contributed by atoms with Crippen LogP contribution in [-0.2, 0) is 19.6 Å². The Labute approximate surface area is 182 Å².